The summed E-state index contributed by atoms with van der Waals surface area (Å²) in [5.41, 5.74) is 4.19. The second-order valence-electron chi connectivity index (χ2n) is 3.31. The van der Waals surface area contributed by atoms with E-state index in [1.54, 1.807) is 0 Å². The standard InChI is InChI=1S/C5H13N.BF4/c1-5(2,3)4-6;2-1(3,4)5/h4,6H2,1-3H3;/q;-1/p+1. The third kappa shape index (κ3) is 77.6. The van der Waals surface area contributed by atoms with Crippen LogP contribution in [0, 0.1) is 5.41 Å². The van der Waals surface area contributed by atoms with Crippen molar-refractivity contribution in [1.82, 2.24) is 0 Å². The molecule has 0 aliphatic carbocycles. The molecule has 0 fully saturated rings. The normalized spacial score (nSPS) is 12.0. The van der Waals surface area contributed by atoms with E-state index in [0.717, 1.165) is 6.54 Å². The van der Waals surface area contributed by atoms with Gasteiger partial charge in [0.15, 0.2) is 0 Å². The van der Waals surface area contributed by atoms with Crippen molar-refractivity contribution < 1.29 is 23.0 Å². The topological polar surface area (TPSA) is 27.6 Å². The zero-order chi connectivity index (χ0) is 9.71. The van der Waals surface area contributed by atoms with Gasteiger partial charge in [0, 0.05) is 5.41 Å². The van der Waals surface area contributed by atoms with E-state index in [9.17, 15) is 17.3 Å². The highest BCUT2D eigenvalue weighted by molar-refractivity contribution is 6.50. The van der Waals surface area contributed by atoms with Crippen molar-refractivity contribution in [2.75, 3.05) is 6.54 Å². The van der Waals surface area contributed by atoms with E-state index in [1.807, 2.05) is 0 Å². The van der Waals surface area contributed by atoms with Crippen LogP contribution < -0.4 is 5.73 Å². The molecule has 0 aliphatic heterocycles. The molecule has 0 bridgehead atoms. The summed E-state index contributed by atoms with van der Waals surface area (Å²) in [6, 6.07) is 0. The van der Waals surface area contributed by atoms with Crippen LogP contribution in [0.25, 0.3) is 0 Å². The fourth-order valence-corrected chi connectivity index (χ4v) is 0. The molecule has 0 radical (unpaired) electrons. The van der Waals surface area contributed by atoms with Crippen LogP contribution in [0.1, 0.15) is 20.8 Å². The lowest BCUT2D eigenvalue weighted by atomic mass is 9.98. The minimum atomic E-state index is -6.00. The highest BCUT2D eigenvalue weighted by Crippen LogP contribution is 2.07. The summed E-state index contributed by atoms with van der Waals surface area (Å²) in [5.74, 6) is 0. The van der Waals surface area contributed by atoms with Crippen LogP contribution >= 0.6 is 0 Å². The summed E-state index contributed by atoms with van der Waals surface area (Å²) >= 11 is 0. The predicted octanol–water partition coefficient (Wildman–Crippen LogP) is 1.57. The molecule has 0 rings (SSSR count). The summed E-state index contributed by atoms with van der Waals surface area (Å²) in [7, 11) is -6.00. The largest absolute Gasteiger partial charge is 0.673 e. The molecule has 0 atom stereocenters. The van der Waals surface area contributed by atoms with Crippen LogP contribution in [-0.4, -0.2) is 13.8 Å². The molecular weight excluding hydrogens is 161 g/mol. The highest BCUT2D eigenvalue weighted by Gasteiger charge is 2.20. The molecule has 11 heavy (non-hydrogen) atoms. The zero-order valence-corrected chi connectivity index (χ0v) is 7.00. The second kappa shape index (κ2) is 4.59. The van der Waals surface area contributed by atoms with Crippen molar-refractivity contribution in [2.45, 2.75) is 20.8 Å². The Kier molecular flexibility index (Phi) is 5.57. The first-order valence-electron chi connectivity index (χ1n) is 3.23. The minimum Gasteiger partial charge on any atom is -0.418 e. The maximum atomic E-state index is 9.75. The van der Waals surface area contributed by atoms with Gasteiger partial charge in [0.1, 0.15) is 0 Å². The van der Waals surface area contributed by atoms with Gasteiger partial charge >= 0.3 is 7.25 Å². The van der Waals surface area contributed by atoms with Crippen LogP contribution in [0.4, 0.5) is 17.3 Å². The van der Waals surface area contributed by atoms with E-state index in [4.69, 9.17) is 0 Å². The molecule has 0 saturated heterocycles. The summed E-state index contributed by atoms with van der Waals surface area (Å²) < 4.78 is 39.0. The Morgan fingerprint density at radius 2 is 1.18 bits per heavy atom. The Labute approximate surface area is 64.1 Å². The Bertz CT molecular complexity index is 89.6. The van der Waals surface area contributed by atoms with Gasteiger partial charge in [-0.25, -0.2) is 0 Å². The Morgan fingerprint density at radius 1 is 1.09 bits per heavy atom. The first-order chi connectivity index (χ1) is 4.56. The number of hydrogen-bond acceptors (Lipinski definition) is 0. The quantitative estimate of drug-likeness (QED) is 0.427. The van der Waals surface area contributed by atoms with E-state index in [0.29, 0.717) is 5.41 Å². The van der Waals surface area contributed by atoms with Gasteiger partial charge < -0.3 is 23.0 Å². The molecular formula is C5H14BF4N. The molecule has 0 saturated carbocycles. The first kappa shape index (κ1) is 13.3. The van der Waals surface area contributed by atoms with Crippen molar-refractivity contribution in [1.29, 1.82) is 0 Å². The maximum absolute atomic E-state index is 9.75. The summed E-state index contributed by atoms with van der Waals surface area (Å²) in [4.78, 5) is 0. The fourth-order valence-electron chi connectivity index (χ4n) is 0. The lowest BCUT2D eigenvalue weighted by Crippen LogP contribution is -2.55. The lowest BCUT2D eigenvalue weighted by molar-refractivity contribution is -0.387. The SMILES string of the molecule is CC(C)(C)C[NH3+].F[B-](F)(F)F. The van der Waals surface area contributed by atoms with Crippen molar-refractivity contribution in [2.24, 2.45) is 5.41 Å². The lowest BCUT2D eigenvalue weighted by Gasteiger charge is -2.09. The van der Waals surface area contributed by atoms with E-state index in [-0.39, 0.29) is 0 Å². The molecule has 0 heterocycles. The van der Waals surface area contributed by atoms with Gasteiger partial charge in [0.2, 0.25) is 0 Å². The van der Waals surface area contributed by atoms with E-state index in [2.05, 4.69) is 26.5 Å². The molecule has 6 heteroatoms. The third-order valence-electron chi connectivity index (χ3n) is 0.750. The van der Waals surface area contributed by atoms with Gasteiger partial charge in [-0.2, -0.15) is 0 Å². The van der Waals surface area contributed by atoms with Gasteiger partial charge in [-0.15, -0.1) is 0 Å². The van der Waals surface area contributed by atoms with Crippen LogP contribution in [0.3, 0.4) is 0 Å². The van der Waals surface area contributed by atoms with Crippen LogP contribution in [0.2, 0.25) is 0 Å². The molecule has 70 valence electrons. The number of rotatable bonds is 0. The number of quaternary nitrogens is 1. The zero-order valence-electron chi connectivity index (χ0n) is 7.00. The highest BCUT2D eigenvalue weighted by atomic mass is 19.5. The van der Waals surface area contributed by atoms with Gasteiger partial charge in [-0.1, -0.05) is 20.8 Å². The first-order valence-corrected chi connectivity index (χ1v) is 3.23. The van der Waals surface area contributed by atoms with Gasteiger partial charge in [0.25, 0.3) is 0 Å². The average Bonchev–Trinajstić information content (AvgIpc) is 1.59. The summed E-state index contributed by atoms with van der Waals surface area (Å²) in [6.07, 6.45) is 0. The molecule has 0 spiro atoms. The molecule has 0 amide bonds. The molecule has 0 unspecified atom stereocenters. The van der Waals surface area contributed by atoms with Crippen LogP contribution in [0.5, 0.6) is 0 Å². The second-order valence-corrected chi connectivity index (χ2v) is 3.31. The smallest absolute Gasteiger partial charge is 0.418 e. The number of halogens is 4. The molecule has 1 nitrogen and oxygen atoms in total. The van der Waals surface area contributed by atoms with Gasteiger partial charge in [-0.05, 0) is 0 Å². The maximum Gasteiger partial charge on any atom is 0.673 e. The monoisotopic (exact) mass is 175 g/mol. The van der Waals surface area contributed by atoms with Crippen LogP contribution in [-0.2, 0) is 0 Å². The molecule has 0 aliphatic rings. The minimum absolute atomic E-state index is 0.431. The Morgan fingerprint density at radius 3 is 1.18 bits per heavy atom. The van der Waals surface area contributed by atoms with Crippen LogP contribution in [0.15, 0.2) is 0 Å². The molecule has 0 aromatic rings. The Balaban J connectivity index is 0. The third-order valence-corrected chi connectivity index (χ3v) is 0.750. The van der Waals surface area contributed by atoms with Gasteiger partial charge in [0.05, 0.1) is 6.54 Å². The van der Waals surface area contributed by atoms with Crippen molar-refractivity contribution in [3.63, 3.8) is 0 Å². The Hall–Kier alpha value is -0.255. The molecule has 0 aromatic heterocycles. The average molecular weight is 175 g/mol. The van der Waals surface area contributed by atoms with Crippen molar-refractivity contribution >= 4 is 7.25 Å². The van der Waals surface area contributed by atoms with Crippen molar-refractivity contribution in [3.05, 3.63) is 0 Å². The molecule has 3 N–H and O–H groups in total. The summed E-state index contributed by atoms with van der Waals surface area (Å²) in [5, 5.41) is 0. The number of hydrogen-bond donors (Lipinski definition) is 1. The van der Waals surface area contributed by atoms with E-state index >= 15 is 0 Å². The molecule has 0 aromatic carbocycles. The van der Waals surface area contributed by atoms with E-state index in [1.165, 1.54) is 0 Å². The predicted molar refractivity (Wildman–Crippen MR) is 37.4 cm³/mol. The summed E-state index contributed by atoms with van der Waals surface area (Å²) in [6.45, 7) is 7.56. The van der Waals surface area contributed by atoms with E-state index < -0.39 is 7.25 Å². The fraction of sp³-hybridized carbons (Fsp3) is 1.00. The van der Waals surface area contributed by atoms with Crippen molar-refractivity contribution in [3.8, 4) is 0 Å². The van der Waals surface area contributed by atoms with Gasteiger partial charge in [-0.3, -0.25) is 0 Å².